The van der Waals surface area contributed by atoms with Crippen LogP contribution in [0.3, 0.4) is 0 Å². The number of carboxylic acid groups (broad SMARTS) is 1. The third-order valence-electron chi connectivity index (χ3n) is 3.89. The van der Waals surface area contributed by atoms with Gasteiger partial charge in [-0.1, -0.05) is 24.3 Å². The molecule has 5 nitrogen and oxygen atoms in total. The molecule has 2 rings (SSSR count). The molecule has 1 N–H and O–H groups in total. The van der Waals surface area contributed by atoms with Crippen LogP contribution in [0.1, 0.15) is 27.0 Å². The Bertz CT molecular complexity index is 738. The average Bonchev–Trinajstić information content (AvgIpc) is 2.56. The van der Waals surface area contributed by atoms with Gasteiger partial charge in [-0.25, -0.2) is 4.79 Å². The highest BCUT2D eigenvalue weighted by molar-refractivity contribution is 5.95. The fourth-order valence-electron chi connectivity index (χ4n) is 2.37. The number of benzene rings is 2. The second kappa shape index (κ2) is 7.64. The van der Waals surface area contributed by atoms with Crippen LogP contribution in [0.15, 0.2) is 42.5 Å². The molecule has 0 spiro atoms. The van der Waals surface area contributed by atoms with Gasteiger partial charge in [-0.2, -0.15) is 0 Å². The predicted molar refractivity (Wildman–Crippen MR) is 91.3 cm³/mol. The van der Waals surface area contributed by atoms with Crippen molar-refractivity contribution in [1.82, 2.24) is 4.90 Å². The molecule has 0 radical (unpaired) electrons. The first-order valence-corrected chi connectivity index (χ1v) is 7.63. The van der Waals surface area contributed by atoms with Gasteiger partial charge in [-0.15, -0.1) is 0 Å². The minimum absolute atomic E-state index is 0.0256. The van der Waals surface area contributed by atoms with Crippen LogP contribution >= 0.6 is 0 Å². The number of aliphatic carboxylic acids is 1. The highest BCUT2D eigenvalue weighted by Gasteiger charge is 2.15. The number of rotatable bonds is 6. The Kier molecular flexibility index (Phi) is 5.58. The number of amides is 1. The minimum Gasteiger partial charge on any atom is -0.482 e. The first-order valence-electron chi connectivity index (χ1n) is 7.63. The van der Waals surface area contributed by atoms with Crippen molar-refractivity contribution in [2.75, 3.05) is 13.7 Å². The summed E-state index contributed by atoms with van der Waals surface area (Å²) in [6.07, 6.45) is 0. The van der Waals surface area contributed by atoms with Gasteiger partial charge in [0.2, 0.25) is 0 Å². The molecule has 2 aromatic rings. The Morgan fingerprint density at radius 3 is 2.38 bits per heavy atom. The van der Waals surface area contributed by atoms with Crippen LogP contribution in [0.25, 0.3) is 0 Å². The molecule has 0 aliphatic carbocycles. The van der Waals surface area contributed by atoms with Crippen LogP contribution in [0.2, 0.25) is 0 Å². The molecule has 2 aromatic carbocycles. The van der Waals surface area contributed by atoms with Gasteiger partial charge in [-0.05, 0) is 48.7 Å². The largest absolute Gasteiger partial charge is 0.482 e. The maximum Gasteiger partial charge on any atom is 0.341 e. The highest BCUT2D eigenvalue weighted by Crippen LogP contribution is 2.17. The Balaban J connectivity index is 2.03. The predicted octanol–water partition coefficient (Wildman–Crippen LogP) is 3.04. The molecule has 0 atom stereocenters. The smallest absolute Gasteiger partial charge is 0.341 e. The van der Waals surface area contributed by atoms with Gasteiger partial charge in [0, 0.05) is 19.2 Å². The van der Waals surface area contributed by atoms with E-state index in [0.29, 0.717) is 17.9 Å². The standard InChI is InChI=1S/C19H21NO4/c1-13-5-4-6-17(14(13)2)19(23)20(3)11-15-7-9-16(10-8-15)24-12-18(21)22/h4-10H,11-12H2,1-3H3,(H,21,22). The van der Waals surface area contributed by atoms with E-state index in [0.717, 1.165) is 16.7 Å². The number of carbonyl (C=O) groups excluding carboxylic acids is 1. The van der Waals surface area contributed by atoms with E-state index in [1.54, 1.807) is 24.1 Å². The summed E-state index contributed by atoms with van der Waals surface area (Å²) in [5, 5.41) is 8.59. The summed E-state index contributed by atoms with van der Waals surface area (Å²) in [6.45, 7) is 4.03. The van der Waals surface area contributed by atoms with Gasteiger partial charge in [0.25, 0.3) is 5.91 Å². The lowest BCUT2D eigenvalue weighted by Gasteiger charge is -2.19. The molecule has 0 aromatic heterocycles. The number of aryl methyl sites for hydroxylation is 1. The molecule has 0 bridgehead atoms. The van der Waals surface area contributed by atoms with E-state index >= 15 is 0 Å². The van der Waals surface area contributed by atoms with Crippen molar-refractivity contribution in [2.45, 2.75) is 20.4 Å². The van der Waals surface area contributed by atoms with Gasteiger partial charge >= 0.3 is 5.97 Å². The quantitative estimate of drug-likeness (QED) is 0.885. The van der Waals surface area contributed by atoms with E-state index in [1.165, 1.54) is 0 Å². The third-order valence-corrected chi connectivity index (χ3v) is 3.89. The summed E-state index contributed by atoms with van der Waals surface area (Å²) in [5.74, 6) is -0.551. The summed E-state index contributed by atoms with van der Waals surface area (Å²) in [7, 11) is 1.76. The second-order valence-electron chi connectivity index (χ2n) is 5.74. The van der Waals surface area contributed by atoms with Gasteiger partial charge in [0.05, 0.1) is 0 Å². The van der Waals surface area contributed by atoms with Crippen molar-refractivity contribution in [1.29, 1.82) is 0 Å². The minimum atomic E-state index is -1.02. The van der Waals surface area contributed by atoms with E-state index in [1.807, 2.05) is 44.2 Å². The highest BCUT2D eigenvalue weighted by atomic mass is 16.5. The summed E-state index contributed by atoms with van der Waals surface area (Å²) in [6, 6.07) is 12.8. The number of carboxylic acids is 1. The van der Waals surface area contributed by atoms with Crippen molar-refractivity contribution < 1.29 is 19.4 Å². The Labute approximate surface area is 141 Å². The lowest BCUT2D eigenvalue weighted by molar-refractivity contribution is -0.139. The Morgan fingerprint density at radius 2 is 1.75 bits per heavy atom. The molecule has 1 amide bonds. The van der Waals surface area contributed by atoms with Crippen LogP contribution in [0.5, 0.6) is 5.75 Å². The molecule has 24 heavy (non-hydrogen) atoms. The molecule has 0 saturated carbocycles. The Hall–Kier alpha value is -2.82. The van der Waals surface area contributed by atoms with Crippen LogP contribution < -0.4 is 4.74 Å². The van der Waals surface area contributed by atoms with E-state index < -0.39 is 5.97 Å². The zero-order valence-electron chi connectivity index (χ0n) is 14.1. The first kappa shape index (κ1) is 17.5. The van der Waals surface area contributed by atoms with Gasteiger partial charge in [-0.3, -0.25) is 4.79 Å². The topological polar surface area (TPSA) is 66.8 Å². The van der Waals surface area contributed by atoms with Crippen molar-refractivity contribution in [2.24, 2.45) is 0 Å². The summed E-state index contributed by atoms with van der Waals surface area (Å²) in [5.41, 5.74) is 3.73. The normalized spacial score (nSPS) is 10.3. The molecule has 5 heteroatoms. The lowest BCUT2D eigenvalue weighted by Crippen LogP contribution is -2.27. The van der Waals surface area contributed by atoms with Gasteiger partial charge in [0.15, 0.2) is 6.61 Å². The van der Waals surface area contributed by atoms with Crippen LogP contribution in [-0.2, 0) is 11.3 Å². The molecular formula is C19H21NO4. The van der Waals surface area contributed by atoms with Gasteiger partial charge < -0.3 is 14.7 Å². The molecule has 0 fully saturated rings. The molecule has 0 unspecified atom stereocenters. The molecule has 0 saturated heterocycles. The molecule has 0 aliphatic rings. The SMILES string of the molecule is Cc1cccc(C(=O)N(C)Cc2ccc(OCC(=O)O)cc2)c1C. The summed E-state index contributed by atoms with van der Waals surface area (Å²) >= 11 is 0. The number of hydrogen-bond acceptors (Lipinski definition) is 3. The van der Waals surface area contributed by atoms with Crippen LogP contribution in [0.4, 0.5) is 0 Å². The number of nitrogens with zero attached hydrogens (tertiary/aromatic N) is 1. The zero-order chi connectivity index (χ0) is 17.7. The number of hydrogen-bond donors (Lipinski definition) is 1. The van der Waals surface area contributed by atoms with E-state index in [9.17, 15) is 9.59 Å². The van der Waals surface area contributed by atoms with Gasteiger partial charge in [0.1, 0.15) is 5.75 Å². The fourth-order valence-corrected chi connectivity index (χ4v) is 2.37. The average molecular weight is 327 g/mol. The molecular weight excluding hydrogens is 306 g/mol. The van der Waals surface area contributed by atoms with Crippen LogP contribution in [0, 0.1) is 13.8 Å². The maximum absolute atomic E-state index is 12.6. The fraction of sp³-hybridized carbons (Fsp3) is 0.263. The van der Waals surface area contributed by atoms with Crippen molar-refractivity contribution in [3.05, 3.63) is 64.7 Å². The molecule has 0 aliphatic heterocycles. The van der Waals surface area contributed by atoms with Crippen LogP contribution in [-0.4, -0.2) is 35.5 Å². The van der Waals surface area contributed by atoms with E-state index in [-0.39, 0.29) is 12.5 Å². The van der Waals surface area contributed by atoms with Crippen molar-refractivity contribution in [3.63, 3.8) is 0 Å². The molecule has 0 heterocycles. The number of carbonyl (C=O) groups is 2. The number of ether oxygens (including phenoxy) is 1. The lowest BCUT2D eigenvalue weighted by atomic mass is 10.0. The third kappa shape index (κ3) is 4.35. The summed E-state index contributed by atoms with van der Waals surface area (Å²) < 4.78 is 5.09. The molecule has 126 valence electrons. The monoisotopic (exact) mass is 327 g/mol. The summed E-state index contributed by atoms with van der Waals surface area (Å²) in [4.78, 5) is 24.7. The first-order chi connectivity index (χ1) is 11.4. The Morgan fingerprint density at radius 1 is 1.08 bits per heavy atom. The zero-order valence-corrected chi connectivity index (χ0v) is 14.1. The van der Waals surface area contributed by atoms with E-state index in [4.69, 9.17) is 9.84 Å². The van der Waals surface area contributed by atoms with Crippen molar-refractivity contribution in [3.8, 4) is 5.75 Å². The second-order valence-corrected chi connectivity index (χ2v) is 5.74. The van der Waals surface area contributed by atoms with E-state index in [2.05, 4.69) is 0 Å². The van der Waals surface area contributed by atoms with Crippen molar-refractivity contribution >= 4 is 11.9 Å². The maximum atomic E-state index is 12.6.